The molecule has 0 saturated carbocycles. The van der Waals surface area contributed by atoms with Gasteiger partial charge in [-0.15, -0.1) is 0 Å². The van der Waals surface area contributed by atoms with Crippen molar-refractivity contribution >= 4 is 10.0 Å². The van der Waals surface area contributed by atoms with Gasteiger partial charge in [0, 0.05) is 5.56 Å². The van der Waals surface area contributed by atoms with Crippen molar-refractivity contribution in [1.29, 1.82) is 0 Å². The van der Waals surface area contributed by atoms with Crippen molar-refractivity contribution in [3.63, 3.8) is 0 Å². The molecule has 130 valence electrons. The van der Waals surface area contributed by atoms with Crippen molar-refractivity contribution in [2.24, 2.45) is 0 Å². The Morgan fingerprint density at radius 2 is 1.67 bits per heavy atom. The van der Waals surface area contributed by atoms with Gasteiger partial charge in [-0.1, -0.05) is 55.5 Å². The molecule has 2 rings (SSSR count). The van der Waals surface area contributed by atoms with Crippen LogP contribution in [-0.2, 0) is 15.8 Å². The van der Waals surface area contributed by atoms with Gasteiger partial charge in [-0.05, 0) is 18.1 Å². The molecular formula is C17H19F2NO3S. The normalized spacial score (nSPS) is 13.0. The third-order valence-corrected chi connectivity index (χ3v) is 4.80. The average molecular weight is 355 g/mol. The summed E-state index contributed by atoms with van der Waals surface area (Å²) in [4.78, 5) is 0. The lowest BCUT2D eigenvalue weighted by molar-refractivity contribution is -0.0506. The zero-order valence-electron chi connectivity index (χ0n) is 13.2. The van der Waals surface area contributed by atoms with Crippen LogP contribution in [0.25, 0.3) is 0 Å². The van der Waals surface area contributed by atoms with Gasteiger partial charge < -0.3 is 4.74 Å². The minimum absolute atomic E-state index is 0.0261. The Kier molecular flexibility index (Phi) is 6.28. The average Bonchev–Trinajstić information content (AvgIpc) is 2.53. The lowest BCUT2D eigenvalue weighted by atomic mass is 10.0. The zero-order valence-corrected chi connectivity index (χ0v) is 14.0. The van der Waals surface area contributed by atoms with E-state index in [1.807, 2.05) is 0 Å². The Balaban J connectivity index is 2.20. The number of para-hydroxylation sites is 1. The zero-order chi connectivity index (χ0) is 17.6. The van der Waals surface area contributed by atoms with Crippen LogP contribution in [0.2, 0.25) is 0 Å². The first kappa shape index (κ1) is 18.4. The minimum atomic E-state index is -3.63. The Hall–Kier alpha value is -1.99. The lowest BCUT2D eigenvalue weighted by Gasteiger charge is -2.20. The fraction of sp³-hybridized carbons (Fsp3) is 0.294. The molecule has 0 bridgehead atoms. The molecule has 2 aromatic rings. The van der Waals surface area contributed by atoms with Gasteiger partial charge in [-0.25, -0.2) is 13.1 Å². The summed E-state index contributed by atoms with van der Waals surface area (Å²) >= 11 is 0. The highest BCUT2D eigenvalue weighted by Gasteiger charge is 2.22. The minimum Gasteiger partial charge on any atom is -0.434 e. The third kappa shape index (κ3) is 5.28. The topological polar surface area (TPSA) is 55.4 Å². The molecule has 0 aliphatic rings. The summed E-state index contributed by atoms with van der Waals surface area (Å²) in [6.45, 7) is -1.20. The van der Waals surface area contributed by atoms with Crippen molar-refractivity contribution in [1.82, 2.24) is 4.72 Å². The summed E-state index contributed by atoms with van der Waals surface area (Å²) < 4.78 is 56.9. The largest absolute Gasteiger partial charge is 0.434 e. The van der Waals surface area contributed by atoms with Gasteiger partial charge in [-0.2, -0.15) is 8.78 Å². The summed E-state index contributed by atoms with van der Waals surface area (Å²) in [6, 6.07) is 14.3. The molecule has 0 radical (unpaired) electrons. The standard InChI is InChI=1S/C17H19F2NO3S/c1-2-15(14-10-6-7-11-16(14)23-17(18)19)20-24(21,22)12-13-8-4-3-5-9-13/h3-11,15,17,20H,2,12H2,1H3. The van der Waals surface area contributed by atoms with E-state index < -0.39 is 22.7 Å². The molecule has 2 aromatic carbocycles. The van der Waals surface area contributed by atoms with Crippen LogP contribution in [0.1, 0.15) is 30.5 Å². The predicted molar refractivity (Wildman–Crippen MR) is 88.3 cm³/mol. The van der Waals surface area contributed by atoms with E-state index in [9.17, 15) is 17.2 Å². The van der Waals surface area contributed by atoms with Crippen LogP contribution in [0.15, 0.2) is 54.6 Å². The molecule has 24 heavy (non-hydrogen) atoms. The molecule has 0 aliphatic heterocycles. The number of ether oxygens (including phenoxy) is 1. The maximum Gasteiger partial charge on any atom is 0.387 e. The number of benzene rings is 2. The van der Waals surface area contributed by atoms with E-state index in [-0.39, 0.29) is 11.5 Å². The molecule has 0 fully saturated rings. The second-order valence-corrected chi connectivity index (χ2v) is 6.99. The Morgan fingerprint density at radius 3 is 2.29 bits per heavy atom. The molecule has 0 aromatic heterocycles. The fourth-order valence-corrected chi connectivity index (χ4v) is 3.83. The SMILES string of the molecule is CCC(NS(=O)(=O)Cc1ccccc1)c1ccccc1OC(F)F. The Bertz CT molecular complexity index is 751. The second-order valence-electron chi connectivity index (χ2n) is 5.24. The van der Waals surface area contributed by atoms with Crippen LogP contribution in [0.3, 0.4) is 0 Å². The highest BCUT2D eigenvalue weighted by atomic mass is 32.2. The predicted octanol–water partition coefficient (Wildman–Crippen LogP) is 3.86. The molecule has 0 saturated heterocycles. The van der Waals surface area contributed by atoms with Gasteiger partial charge in [0.25, 0.3) is 0 Å². The number of rotatable bonds is 8. The van der Waals surface area contributed by atoms with Crippen molar-refractivity contribution in [2.75, 3.05) is 0 Å². The maximum absolute atomic E-state index is 12.5. The summed E-state index contributed by atoms with van der Waals surface area (Å²) in [5, 5.41) is 0. The van der Waals surface area contributed by atoms with Crippen molar-refractivity contribution < 1.29 is 21.9 Å². The van der Waals surface area contributed by atoms with Crippen LogP contribution in [0.4, 0.5) is 8.78 Å². The molecule has 0 aliphatic carbocycles. The number of hydrogen-bond acceptors (Lipinski definition) is 3. The van der Waals surface area contributed by atoms with Crippen LogP contribution in [-0.4, -0.2) is 15.0 Å². The number of alkyl halides is 2. The van der Waals surface area contributed by atoms with Gasteiger partial charge in [0.1, 0.15) is 5.75 Å². The Labute approximate surface area is 140 Å². The maximum atomic E-state index is 12.5. The Morgan fingerprint density at radius 1 is 1.04 bits per heavy atom. The first-order valence-electron chi connectivity index (χ1n) is 7.49. The highest BCUT2D eigenvalue weighted by Crippen LogP contribution is 2.29. The van der Waals surface area contributed by atoms with Crippen LogP contribution in [0.5, 0.6) is 5.75 Å². The monoisotopic (exact) mass is 355 g/mol. The molecule has 0 heterocycles. The van der Waals surface area contributed by atoms with E-state index >= 15 is 0 Å². The first-order chi connectivity index (χ1) is 11.4. The van der Waals surface area contributed by atoms with Crippen LogP contribution >= 0.6 is 0 Å². The number of sulfonamides is 1. The molecule has 4 nitrogen and oxygen atoms in total. The van der Waals surface area contributed by atoms with Gasteiger partial charge in [0.15, 0.2) is 0 Å². The van der Waals surface area contributed by atoms with Crippen molar-refractivity contribution in [2.45, 2.75) is 31.8 Å². The number of halogens is 2. The van der Waals surface area contributed by atoms with E-state index in [0.717, 1.165) is 0 Å². The third-order valence-electron chi connectivity index (χ3n) is 3.44. The van der Waals surface area contributed by atoms with E-state index in [0.29, 0.717) is 17.5 Å². The number of hydrogen-bond donors (Lipinski definition) is 1. The number of nitrogens with one attached hydrogen (secondary N) is 1. The molecule has 0 spiro atoms. The summed E-state index contributed by atoms with van der Waals surface area (Å²) in [6.07, 6.45) is 0.400. The van der Waals surface area contributed by atoms with Crippen LogP contribution < -0.4 is 9.46 Å². The van der Waals surface area contributed by atoms with E-state index in [2.05, 4.69) is 9.46 Å². The van der Waals surface area contributed by atoms with Gasteiger partial charge in [0.2, 0.25) is 10.0 Å². The smallest absolute Gasteiger partial charge is 0.387 e. The molecular weight excluding hydrogens is 336 g/mol. The van der Waals surface area contributed by atoms with E-state index in [1.54, 1.807) is 55.5 Å². The fourth-order valence-electron chi connectivity index (χ4n) is 2.39. The van der Waals surface area contributed by atoms with Crippen molar-refractivity contribution in [3.05, 3.63) is 65.7 Å². The highest BCUT2D eigenvalue weighted by molar-refractivity contribution is 7.88. The van der Waals surface area contributed by atoms with Crippen LogP contribution in [0, 0.1) is 0 Å². The molecule has 0 amide bonds. The molecule has 1 atom stereocenters. The quantitative estimate of drug-likeness (QED) is 0.782. The van der Waals surface area contributed by atoms with Crippen molar-refractivity contribution in [3.8, 4) is 5.75 Å². The molecule has 1 N–H and O–H groups in total. The lowest BCUT2D eigenvalue weighted by Crippen LogP contribution is -2.30. The molecule has 1 unspecified atom stereocenters. The summed E-state index contributed by atoms with van der Waals surface area (Å²) in [7, 11) is -3.63. The summed E-state index contributed by atoms with van der Waals surface area (Å²) in [5.74, 6) is -0.205. The van der Waals surface area contributed by atoms with E-state index in [1.165, 1.54) is 6.07 Å². The second kappa shape index (κ2) is 8.21. The first-order valence-corrected chi connectivity index (χ1v) is 9.14. The van der Waals surface area contributed by atoms with E-state index in [4.69, 9.17) is 0 Å². The van der Waals surface area contributed by atoms with Gasteiger partial charge >= 0.3 is 6.61 Å². The van der Waals surface area contributed by atoms with Gasteiger partial charge in [0.05, 0.1) is 11.8 Å². The summed E-state index contributed by atoms with van der Waals surface area (Å²) in [5.41, 5.74) is 1.04. The molecule has 7 heteroatoms. The van der Waals surface area contributed by atoms with Gasteiger partial charge in [-0.3, -0.25) is 0 Å².